The Hall–Kier alpha value is -3.18. The van der Waals surface area contributed by atoms with Crippen LogP contribution in [-0.4, -0.2) is 50.9 Å². The summed E-state index contributed by atoms with van der Waals surface area (Å²) >= 11 is 0. The lowest BCUT2D eigenvalue weighted by Crippen LogP contribution is -2.22. The number of fused-ring (bicyclic) bond motifs is 1. The highest BCUT2D eigenvalue weighted by Gasteiger charge is 2.24. The molecule has 1 aliphatic carbocycles. The number of rotatable bonds is 14. The van der Waals surface area contributed by atoms with Gasteiger partial charge in [0.1, 0.15) is 5.75 Å². The maximum absolute atomic E-state index is 9.89. The van der Waals surface area contributed by atoms with Crippen LogP contribution in [0.3, 0.4) is 0 Å². The van der Waals surface area contributed by atoms with Gasteiger partial charge in [0.2, 0.25) is 0 Å². The average Bonchev–Trinajstić information content (AvgIpc) is 2.97. The van der Waals surface area contributed by atoms with E-state index in [2.05, 4.69) is 66.7 Å². The number of methoxy groups -OCH3 is 2. The van der Waals surface area contributed by atoms with E-state index in [9.17, 15) is 5.11 Å². The normalized spacial score (nSPS) is 14.7. The molecular weight excluding hydrogens is 484 g/mol. The van der Waals surface area contributed by atoms with Gasteiger partial charge in [-0.3, -0.25) is 0 Å². The van der Waals surface area contributed by atoms with E-state index in [4.69, 9.17) is 9.47 Å². The molecule has 0 heterocycles. The molecule has 0 fully saturated rings. The maximum atomic E-state index is 9.89. The molecule has 0 unspecified atom stereocenters. The summed E-state index contributed by atoms with van der Waals surface area (Å²) in [6.07, 6.45) is 8.70. The summed E-state index contributed by atoms with van der Waals surface area (Å²) in [4.78, 5) is 2.43. The average molecular weight is 531 g/mol. The van der Waals surface area contributed by atoms with E-state index in [0.29, 0.717) is 11.7 Å². The van der Waals surface area contributed by atoms with E-state index in [0.717, 1.165) is 68.8 Å². The van der Waals surface area contributed by atoms with Crippen LogP contribution in [0.5, 0.6) is 17.2 Å². The first-order chi connectivity index (χ1) is 19.0. The van der Waals surface area contributed by atoms with Gasteiger partial charge < -0.3 is 24.8 Å². The fourth-order valence-electron chi connectivity index (χ4n) is 5.64. The molecule has 4 rings (SSSR count). The Kier molecular flexibility index (Phi) is 10.5. The molecule has 1 aliphatic rings. The zero-order valence-corrected chi connectivity index (χ0v) is 24.3. The minimum Gasteiger partial charge on any atom is -0.508 e. The lowest BCUT2D eigenvalue weighted by molar-refractivity contribution is 0.332. The van der Waals surface area contributed by atoms with Gasteiger partial charge in [-0.15, -0.1) is 0 Å². The van der Waals surface area contributed by atoms with Crippen molar-refractivity contribution in [1.82, 2.24) is 4.90 Å². The molecule has 5 nitrogen and oxygen atoms in total. The van der Waals surface area contributed by atoms with Crippen LogP contribution in [0.25, 0.3) is 0 Å². The van der Waals surface area contributed by atoms with E-state index in [-0.39, 0.29) is 0 Å². The summed E-state index contributed by atoms with van der Waals surface area (Å²) in [6, 6.07) is 19.2. The Labute approximate surface area is 235 Å². The molecule has 3 aromatic carbocycles. The molecular formula is C34H46N2O3. The molecule has 3 aromatic rings. The second-order valence-corrected chi connectivity index (χ2v) is 10.9. The highest BCUT2D eigenvalue weighted by atomic mass is 16.5. The number of phenols is 1. The zero-order chi connectivity index (χ0) is 27.6. The summed E-state index contributed by atoms with van der Waals surface area (Å²) in [5, 5.41) is 13.6. The Balaban J connectivity index is 1.35. The van der Waals surface area contributed by atoms with Crippen LogP contribution in [-0.2, 0) is 25.7 Å². The van der Waals surface area contributed by atoms with Crippen LogP contribution >= 0.6 is 0 Å². The first-order valence-electron chi connectivity index (χ1n) is 14.6. The smallest absolute Gasteiger partial charge is 0.162 e. The van der Waals surface area contributed by atoms with Crippen molar-refractivity contribution in [1.29, 1.82) is 0 Å². The van der Waals surface area contributed by atoms with Crippen LogP contribution in [0, 0.1) is 0 Å². The van der Waals surface area contributed by atoms with Gasteiger partial charge in [-0.2, -0.15) is 0 Å². The number of hydrogen-bond acceptors (Lipinski definition) is 5. The molecule has 0 aromatic heterocycles. The van der Waals surface area contributed by atoms with Gasteiger partial charge in [0.15, 0.2) is 11.5 Å². The predicted molar refractivity (Wildman–Crippen MR) is 162 cm³/mol. The van der Waals surface area contributed by atoms with Crippen LogP contribution < -0.4 is 14.8 Å². The number of ether oxygens (including phenoxy) is 2. The van der Waals surface area contributed by atoms with Crippen LogP contribution in [0.2, 0.25) is 0 Å². The molecule has 0 bridgehead atoms. The number of nitrogens with one attached hydrogen (secondary N) is 1. The van der Waals surface area contributed by atoms with E-state index in [1.165, 1.54) is 47.2 Å². The van der Waals surface area contributed by atoms with Crippen molar-refractivity contribution >= 4 is 5.69 Å². The Bertz CT molecular complexity index is 1190. The molecule has 5 heteroatoms. The van der Waals surface area contributed by atoms with E-state index in [1.807, 2.05) is 6.07 Å². The predicted octanol–water partition coefficient (Wildman–Crippen LogP) is 7.00. The van der Waals surface area contributed by atoms with Gasteiger partial charge in [0.05, 0.1) is 14.2 Å². The number of aromatic hydroxyl groups is 1. The second kappa shape index (κ2) is 14.3. The Morgan fingerprint density at radius 3 is 2.31 bits per heavy atom. The molecule has 0 aliphatic heterocycles. The number of benzene rings is 3. The fraction of sp³-hybridized carbons (Fsp3) is 0.471. The molecule has 0 saturated carbocycles. The first-order valence-corrected chi connectivity index (χ1v) is 14.6. The van der Waals surface area contributed by atoms with Crippen molar-refractivity contribution in [3.63, 3.8) is 0 Å². The third kappa shape index (κ3) is 7.92. The lowest BCUT2D eigenvalue weighted by Gasteiger charge is -2.28. The summed E-state index contributed by atoms with van der Waals surface area (Å²) in [7, 11) is 5.61. The Morgan fingerprint density at radius 1 is 0.872 bits per heavy atom. The van der Waals surface area contributed by atoms with Gasteiger partial charge in [-0.25, -0.2) is 0 Å². The lowest BCUT2D eigenvalue weighted by atomic mass is 9.79. The van der Waals surface area contributed by atoms with Gasteiger partial charge >= 0.3 is 0 Å². The van der Waals surface area contributed by atoms with Gasteiger partial charge in [0.25, 0.3) is 0 Å². The van der Waals surface area contributed by atoms with Crippen molar-refractivity contribution in [3.8, 4) is 17.2 Å². The van der Waals surface area contributed by atoms with E-state index in [1.54, 1.807) is 20.3 Å². The second-order valence-electron chi connectivity index (χ2n) is 10.9. The zero-order valence-electron chi connectivity index (χ0n) is 24.3. The van der Waals surface area contributed by atoms with E-state index < -0.39 is 0 Å². The molecule has 2 N–H and O–H groups in total. The van der Waals surface area contributed by atoms with Gasteiger partial charge in [-0.05, 0) is 110 Å². The monoisotopic (exact) mass is 530 g/mol. The van der Waals surface area contributed by atoms with Crippen LogP contribution in [0.4, 0.5) is 5.69 Å². The molecule has 0 spiro atoms. The Morgan fingerprint density at radius 2 is 1.59 bits per heavy atom. The van der Waals surface area contributed by atoms with Crippen LogP contribution in [0.15, 0.2) is 54.6 Å². The minimum absolute atomic E-state index is 0.352. The first kappa shape index (κ1) is 28.8. The van der Waals surface area contributed by atoms with Crippen molar-refractivity contribution in [2.75, 3.05) is 46.2 Å². The molecule has 210 valence electrons. The van der Waals surface area contributed by atoms with Crippen molar-refractivity contribution in [2.24, 2.45) is 0 Å². The number of nitrogens with zero attached hydrogens (tertiary/aromatic N) is 1. The number of unbranched alkanes of at least 4 members (excludes halogenated alkanes) is 1. The van der Waals surface area contributed by atoms with Gasteiger partial charge in [-0.1, -0.05) is 43.7 Å². The fourth-order valence-corrected chi connectivity index (χ4v) is 5.64. The highest BCUT2D eigenvalue weighted by Crippen LogP contribution is 2.42. The third-order valence-corrected chi connectivity index (χ3v) is 8.07. The summed E-state index contributed by atoms with van der Waals surface area (Å²) in [5.41, 5.74) is 7.79. The maximum Gasteiger partial charge on any atom is 0.162 e. The van der Waals surface area contributed by atoms with Gasteiger partial charge in [0, 0.05) is 24.8 Å². The number of hydrogen-bond donors (Lipinski definition) is 2. The summed E-state index contributed by atoms with van der Waals surface area (Å²) < 4.78 is 11.3. The summed E-state index contributed by atoms with van der Waals surface area (Å²) in [6.45, 7) is 5.44. The standard InChI is InChI=1S/C34H46N2O3/c1-5-6-19-36(2)20-17-26-11-9-25(10-12-26)8-7-18-35-32-24-34(39-4)33(38-3)23-31(32)29-14-13-28-22-30(37)16-15-27(28)21-29/h9-12,15-16,22-24,29,35,37H,5-8,13-14,17-21H2,1-4H3/t29-/m1/s1. The summed E-state index contributed by atoms with van der Waals surface area (Å²) in [5.74, 6) is 2.26. The third-order valence-electron chi connectivity index (χ3n) is 8.07. The molecule has 0 saturated heterocycles. The number of anilines is 1. The SMILES string of the molecule is CCCCN(C)CCc1ccc(CCCNc2cc(OC)c(OC)cc2[C@@H]2CCc3cc(O)ccc3C2)cc1. The largest absolute Gasteiger partial charge is 0.508 e. The number of likely N-dealkylation sites (N-methyl/N-ethyl adjacent to an activating group) is 1. The molecule has 39 heavy (non-hydrogen) atoms. The molecule has 0 amide bonds. The molecule has 0 radical (unpaired) electrons. The van der Waals surface area contributed by atoms with Crippen LogP contribution in [0.1, 0.15) is 66.3 Å². The quantitative estimate of drug-likeness (QED) is 0.220. The minimum atomic E-state index is 0.352. The van der Waals surface area contributed by atoms with Crippen molar-refractivity contribution in [3.05, 3.63) is 82.4 Å². The number of aryl methyl sites for hydroxylation is 2. The highest BCUT2D eigenvalue weighted by molar-refractivity contribution is 5.62. The van der Waals surface area contributed by atoms with E-state index >= 15 is 0 Å². The van der Waals surface area contributed by atoms with Crippen molar-refractivity contribution < 1.29 is 14.6 Å². The topological polar surface area (TPSA) is 54.0 Å². The molecule has 1 atom stereocenters. The number of phenolic OH excluding ortho intramolecular Hbond substituents is 1. The van der Waals surface area contributed by atoms with Crippen molar-refractivity contribution in [2.45, 2.75) is 64.2 Å².